The maximum Gasteiger partial charge on any atom is 0.168 e. The van der Waals surface area contributed by atoms with Crippen LogP contribution >= 0.6 is 0 Å². The van der Waals surface area contributed by atoms with Crippen molar-refractivity contribution in [1.82, 2.24) is 4.98 Å². The number of aliphatic hydroxyl groups excluding tert-OH is 3. The first-order chi connectivity index (χ1) is 9.51. The molecule has 8 heteroatoms. The van der Waals surface area contributed by atoms with E-state index in [0.717, 1.165) is 6.42 Å². The summed E-state index contributed by atoms with van der Waals surface area (Å²) in [4.78, 5) is 3.73. The molecule has 0 atom stereocenters. The monoisotopic (exact) mass is 291 g/mol. The smallest absolute Gasteiger partial charge is 0.168 e. The largest absolute Gasteiger partial charge is 0.394 e. The van der Waals surface area contributed by atoms with E-state index in [9.17, 15) is 24.1 Å². The Hall–Kier alpha value is -1.51. The molecule has 0 aliphatic rings. The minimum atomic E-state index is -1.53. The highest BCUT2D eigenvalue weighted by atomic mass is 19.1. The van der Waals surface area contributed by atoms with Crippen LogP contribution in [0.1, 0.15) is 13.3 Å². The zero-order chi connectivity index (χ0) is 15.2. The third kappa shape index (κ3) is 3.75. The molecule has 0 aliphatic carbocycles. The predicted octanol–water partition coefficient (Wildman–Crippen LogP) is 0.309. The normalized spacial score (nSPS) is 11.5. The van der Waals surface area contributed by atoms with Crippen LogP contribution in [-0.4, -0.2) is 52.2 Å². The first kappa shape index (κ1) is 16.5. The summed E-state index contributed by atoms with van der Waals surface area (Å²) >= 11 is 0. The van der Waals surface area contributed by atoms with Crippen molar-refractivity contribution >= 4 is 11.6 Å². The number of hydrogen-bond acceptors (Lipinski definition) is 6. The molecule has 0 amide bonds. The Morgan fingerprint density at radius 2 is 1.65 bits per heavy atom. The number of aliphatic hydroxyl groups is 3. The van der Waals surface area contributed by atoms with Gasteiger partial charge in [-0.15, -0.1) is 0 Å². The van der Waals surface area contributed by atoms with E-state index in [2.05, 4.69) is 15.6 Å². The van der Waals surface area contributed by atoms with Crippen LogP contribution in [0.5, 0.6) is 0 Å². The highest BCUT2D eigenvalue weighted by Crippen LogP contribution is 2.22. The van der Waals surface area contributed by atoms with Gasteiger partial charge in [-0.2, -0.15) is 0 Å². The van der Waals surface area contributed by atoms with Crippen molar-refractivity contribution in [3.8, 4) is 0 Å². The molecule has 0 saturated carbocycles. The van der Waals surface area contributed by atoms with Gasteiger partial charge in [-0.3, -0.25) is 0 Å². The molecule has 0 aromatic carbocycles. The second kappa shape index (κ2) is 7.32. The molecule has 0 aliphatic heterocycles. The van der Waals surface area contributed by atoms with Crippen molar-refractivity contribution in [2.75, 3.05) is 37.0 Å². The zero-order valence-corrected chi connectivity index (χ0v) is 11.2. The van der Waals surface area contributed by atoms with E-state index in [0.29, 0.717) is 12.6 Å². The predicted molar refractivity (Wildman–Crippen MR) is 70.5 cm³/mol. The second-order valence-electron chi connectivity index (χ2n) is 4.46. The van der Waals surface area contributed by atoms with Crippen molar-refractivity contribution in [3.63, 3.8) is 0 Å². The van der Waals surface area contributed by atoms with E-state index in [1.165, 1.54) is 0 Å². The lowest BCUT2D eigenvalue weighted by Crippen LogP contribution is -2.49. The summed E-state index contributed by atoms with van der Waals surface area (Å²) in [6.45, 7) is 0.407. The van der Waals surface area contributed by atoms with E-state index in [-0.39, 0.29) is 11.6 Å². The van der Waals surface area contributed by atoms with Crippen molar-refractivity contribution in [3.05, 3.63) is 17.7 Å². The fraction of sp³-hybridized carbons (Fsp3) is 0.583. The number of hydrogen-bond donors (Lipinski definition) is 5. The van der Waals surface area contributed by atoms with Gasteiger partial charge >= 0.3 is 0 Å². The average molecular weight is 291 g/mol. The molecule has 1 aromatic heterocycles. The lowest BCUT2D eigenvalue weighted by atomic mass is 10.0. The summed E-state index contributed by atoms with van der Waals surface area (Å²) in [7, 11) is 0. The summed E-state index contributed by atoms with van der Waals surface area (Å²) in [6.07, 6.45) is 0.731. The minimum Gasteiger partial charge on any atom is -0.394 e. The molecule has 0 fully saturated rings. The van der Waals surface area contributed by atoms with Gasteiger partial charge in [0.15, 0.2) is 23.3 Å². The van der Waals surface area contributed by atoms with Gasteiger partial charge in [-0.05, 0) is 6.42 Å². The molecule has 1 rings (SSSR count). The van der Waals surface area contributed by atoms with E-state index < -0.39 is 37.0 Å². The lowest BCUT2D eigenvalue weighted by Gasteiger charge is -2.29. The van der Waals surface area contributed by atoms with Crippen molar-refractivity contribution in [2.24, 2.45) is 0 Å². The SMILES string of the molecule is CCCNc1nc(NC(CO)(CO)CO)c(F)cc1F. The maximum absolute atomic E-state index is 13.7. The fourth-order valence-corrected chi connectivity index (χ4v) is 1.44. The molecular formula is C12H19F2N3O3. The molecule has 0 saturated heterocycles. The highest BCUT2D eigenvalue weighted by Gasteiger charge is 2.29. The molecule has 0 spiro atoms. The van der Waals surface area contributed by atoms with E-state index in [1.807, 2.05) is 6.92 Å². The van der Waals surface area contributed by atoms with Gasteiger partial charge in [0.1, 0.15) is 5.54 Å². The summed E-state index contributed by atoms with van der Waals surface area (Å²) in [5, 5.41) is 32.6. The number of halogens is 2. The average Bonchev–Trinajstić information content (AvgIpc) is 2.46. The summed E-state index contributed by atoms with van der Waals surface area (Å²) < 4.78 is 27.1. The van der Waals surface area contributed by atoms with Crippen LogP contribution in [0, 0.1) is 11.6 Å². The number of aromatic nitrogens is 1. The van der Waals surface area contributed by atoms with Crippen molar-refractivity contribution in [2.45, 2.75) is 18.9 Å². The third-order valence-corrected chi connectivity index (χ3v) is 2.76. The topological polar surface area (TPSA) is 97.6 Å². The van der Waals surface area contributed by atoms with Gasteiger partial charge in [-0.25, -0.2) is 13.8 Å². The maximum atomic E-state index is 13.7. The quantitative estimate of drug-likeness (QED) is 0.473. The van der Waals surface area contributed by atoms with Gasteiger partial charge < -0.3 is 26.0 Å². The molecule has 20 heavy (non-hydrogen) atoms. The van der Waals surface area contributed by atoms with Gasteiger partial charge in [-0.1, -0.05) is 6.92 Å². The van der Waals surface area contributed by atoms with Crippen LogP contribution in [0.2, 0.25) is 0 Å². The van der Waals surface area contributed by atoms with Crippen LogP contribution in [0.15, 0.2) is 6.07 Å². The first-order valence-corrected chi connectivity index (χ1v) is 6.22. The summed E-state index contributed by atoms with van der Waals surface area (Å²) in [5.41, 5.74) is -1.53. The molecule has 5 N–H and O–H groups in total. The second-order valence-corrected chi connectivity index (χ2v) is 4.46. The number of anilines is 2. The third-order valence-electron chi connectivity index (χ3n) is 2.76. The van der Waals surface area contributed by atoms with E-state index >= 15 is 0 Å². The number of pyridine rings is 1. The first-order valence-electron chi connectivity index (χ1n) is 6.22. The highest BCUT2D eigenvalue weighted by molar-refractivity contribution is 5.49. The van der Waals surface area contributed by atoms with Crippen LogP contribution in [-0.2, 0) is 0 Å². The zero-order valence-electron chi connectivity index (χ0n) is 11.2. The summed E-state index contributed by atoms with van der Waals surface area (Å²) in [6, 6.07) is 0.643. The Kier molecular flexibility index (Phi) is 6.05. The van der Waals surface area contributed by atoms with Crippen LogP contribution in [0.4, 0.5) is 20.4 Å². The molecule has 1 aromatic rings. The molecule has 6 nitrogen and oxygen atoms in total. The van der Waals surface area contributed by atoms with Crippen molar-refractivity contribution < 1.29 is 24.1 Å². The van der Waals surface area contributed by atoms with Gasteiger partial charge in [0.05, 0.1) is 19.8 Å². The molecule has 0 unspecified atom stereocenters. The number of nitrogens with one attached hydrogen (secondary N) is 2. The Morgan fingerprint density at radius 1 is 1.10 bits per heavy atom. The van der Waals surface area contributed by atoms with Gasteiger partial charge in [0, 0.05) is 12.6 Å². The van der Waals surface area contributed by atoms with Crippen LogP contribution in [0.3, 0.4) is 0 Å². The minimum absolute atomic E-state index is 0.140. The number of rotatable bonds is 8. The van der Waals surface area contributed by atoms with Gasteiger partial charge in [0.25, 0.3) is 0 Å². The molecule has 1 heterocycles. The van der Waals surface area contributed by atoms with E-state index in [4.69, 9.17) is 0 Å². The van der Waals surface area contributed by atoms with Crippen molar-refractivity contribution in [1.29, 1.82) is 0 Å². The molecule has 0 bridgehead atoms. The van der Waals surface area contributed by atoms with Gasteiger partial charge in [0.2, 0.25) is 0 Å². The van der Waals surface area contributed by atoms with Crippen LogP contribution in [0.25, 0.3) is 0 Å². The standard InChI is InChI=1S/C12H19F2N3O3/c1-2-3-15-10-8(13)4-9(14)11(16-10)17-12(5-18,6-19)7-20/h4,18-20H,2-3,5-7H2,1H3,(H2,15,16,17). The number of nitrogens with zero attached hydrogens (tertiary/aromatic N) is 1. The Balaban J connectivity index is 3.04. The van der Waals surface area contributed by atoms with E-state index in [1.54, 1.807) is 0 Å². The fourth-order valence-electron chi connectivity index (χ4n) is 1.44. The molecule has 0 radical (unpaired) electrons. The Bertz CT molecular complexity index is 434. The Labute approximate surface area is 115 Å². The Morgan fingerprint density at radius 3 is 2.15 bits per heavy atom. The van der Waals surface area contributed by atoms with Crippen LogP contribution < -0.4 is 10.6 Å². The summed E-state index contributed by atoms with van der Waals surface area (Å²) in [5.74, 6) is -2.33. The molecular weight excluding hydrogens is 272 g/mol. The molecule has 114 valence electrons. The lowest BCUT2D eigenvalue weighted by molar-refractivity contribution is 0.0828.